The molecule has 1 saturated heterocycles. The van der Waals surface area contributed by atoms with Crippen LogP contribution in [0.5, 0.6) is 11.5 Å². The summed E-state index contributed by atoms with van der Waals surface area (Å²) in [5.74, 6) is 1.27. The van der Waals surface area contributed by atoms with E-state index < -0.39 is 5.60 Å². The molecule has 2 heterocycles. The number of ether oxygens (including phenoxy) is 2. The van der Waals surface area contributed by atoms with Crippen LogP contribution >= 0.6 is 11.6 Å². The summed E-state index contributed by atoms with van der Waals surface area (Å²) in [5, 5.41) is 0.663. The number of nitrogens with zero attached hydrogens (tertiary/aromatic N) is 1. The normalized spacial score (nSPS) is 17.9. The van der Waals surface area contributed by atoms with Gasteiger partial charge < -0.3 is 14.4 Å². The van der Waals surface area contributed by atoms with E-state index >= 15 is 0 Å². The lowest BCUT2D eigenvalue weighted by Gasteiger charge is -2.43. The summed E-state index contributed by atoms with van der Waals surface area (Å²) in [7, 11) is 1.59. The summed E-state index contributed by atoms with van der Waals surface area (Å²) >= 11 is 5.88. The minimum absolute atomic E-state index is 0.0426. The third-order valence-corrected chi connectivity index (χ3v) is 5.83. The highest BCUT2D eigenvalue weighted by Gasteiger charge is 2.43. The number of likely N-dealkylation sites (tertiary alicyclic amines) is 1. The van der Waals surface area contributed by atoms with Gasteiger partial charge in [0, 0.05) is 43.1 Å². The quantitative estimate of drug-likeness (QED) is 0.703. The SMILES string of the molecule is COc1ccc2c(c1)OC1(CCN(C(=O)/C=C/c3ccc(Cl)cc3)CC1)CC2=O. The second-order valence-electron chi connectivity index (χ2n) is 7.46. The molecule has 2 aliphatic rings. The second-order valence-corrected chi connectivity index (χ2v) is 7.89. The van der Waals surface area contributed by atoms with Crippen LogP contribution in [-0.4, -0.2) is 42.4 Å². The number of fused-ring (bicyclic) bond motifs is 1. The molecule has 2 aliphatic heterocycles. The first-order valence-electron chi connectivity index (χ1n) is 9.61. The van der Waals surface area contributed by atoms with E-state index in [1.54, 1.807) is 54.5 Å². The number of hydrogen-bond donors (Lipinski definition) is 0. The Hall–Kier alpha value is -2.79. The largest absolute Gasteiger partial charge is 0.497 e. The maximum Gasteiger partial charge on any atom is 0.246 e. The molecule has 0 N–H and O–H groups in total. The highest BCUT2D eigenvalue weighted by Crippen LogP contribution is 2.40. The van der Waals surface area contributed by atoms with Gasteiger partial charge in [0.05, 0.1) is 19.1 Å². The predicted octanol–water partition coefficient (Wildman–Crippen LogP) is 4.39. The van der Waals surface area contributed by atoms with Gasteiger partial charge in [-0.1, -0.05) is 23.7 Å². The number of carbonyl (C=O) groups is 2. The fraction of sp³-hybridized carbons (Fsp3) is 0.304. The summed E-state index contributed by atoms with van der Waals surface area (Å²) in [5.41, 5.74) is 0.969. The molecule has 0 bridgehead atoms. The summed E-state index contributed by atoms with van der Waals surface area (Å²) in [6.07, 6.45) is 4.95. The molecule has 2 aromatic rings. The minimum atomic E-state index is -0.548. The molecule has 6 heteroatoms. The van der Waals surface area contributed by atoms with Gasteiger partial charge >= 0.3 is 0 Å². The molecule has 150 valence electrons. The summed E-state index contributed by atoms with van der Waals surface area (Å²) in [6.45, 7) is 1.10. The number of carbonyl (C=O) groups excluding carboxylic acids is 2. The van der Waals surface area contributed by atoms with Crippen LogP contribution < -0.4 is 9.47 Å². The number of piperidine rings is 1. The van der Waals surface area contributed by atoms with Gasteiger partial charge in [0.1, 0.15) is 17.1 Å². The van der Waals surface area contributed by atoms with Crippen LogP contribution in [0.25, 0.3) is 6.08 Å². The molecular weight excluding hydrogens is 390 g/mol. The van der Waals surface area contributed by atoms with Gasteiger partial charge in [0.25, 0.3) is 0 Å². The number of ketones is 1. The lowest BCUT2D eigenvalue weighted by atomic mass is 9.82. The number of Topliss-reactive ketones (excluding diaryl/α,β-unsaturated/α-hetero) is 1. The van der Waals surface area contributed by atoms with Gasteiger partial charge in [-0.05, 0) is 35.9 Å². The van der Waals surface area contributed by atoms with E-state index in [1.807, 2.05) is 12.1 Å². The van der Waals surface area contributed by atoms with Crippen molar-refractivity contribution in [1.29, 1.82) is 0 Å². The zero-order valence-corrected chi connectivity index (χ0v) is 16.9. The standard InChI is InChI=1S/C23H22ClNO4/c1-28-18-7-8-19-20(26)15-23(29-21(19)14-18)10-12-25(13-11-23)22(27)9-4-16-2-5-17(24)6-3-16/h2-9,14H,10-13,15H2,1H3/b9-4+. The van der Waals surface area contributed by atoms with Crippen LogP contribution in [0.4, 0.5) is 0 Å². The molecule has 0 atom stereocenters. The van der Waals surface area contributed by atoms with Crippen molar-refractivity contribution >= 4 is 29.4 Å². The van der Waals surface area contributed by atoms with Crippen molar-refractivity contribution in [3.05, 3.63) is 64.7 Å². The Bertz CT molecular complexity index is 959. The lowest BCUT2D eigenvalue weighted by Crippen LogP contribution is -2.52. The molecule has 2 aromatic carbocycles. The van der Waals surface area contributed by atoms with E-state index in [2.05, 4.69) is 0 Å². The molecule has 5 nitrogen and oxygen atoms in total. The molecular formula is C23H22ClNO4. The minimum Gasteiger partial charge on any atom is -0.497 e. The van der Waals surface area contributed by atoms with Crippen LogP contribution in [0.15, 0.2) is 48.5 Å². The van der Waals surface area contributed by atoms with Crippen molar-refractivity contribution in [1.82, 2.24) is 4.90 Å². The molecule has 29 heavy (non-hydrogen) atoms. The Labute approximate surface area is 174 Å². The Kier molecular flexibility index (Phi) is 5.33. The molecule has 0 unspecified atom stereocenters. The molecule has 1 fully saturated rings. The third kappa shape index (κ3) is 4.15. The van der Waals surface area contributed by atoms with Crippen molar-refractivity contribution in [2.75, 3.05) is 20.2 Å². The Balaban J connectivity index is 1.41. The van der Waals surface area contributed by atoms with Crippen LogP contribution in [-0.2, 0) is 4.79 Å². The van der Waals surface area contributed by atoms with Crippen LogP contribution in [0, 0.1) is 0 Å². The maximum atomic E-state index is 12.6. The molecule has 0 saturated carbocycles. The van der Waals surface area contributed by atoms with Gasteiger partial charge in [-0.25, -0.2) is 0 Å². The first kappa shape index (κ1) is 19.5. The summed E-state index contributed by atoms with van der Waals surface area (Å²) in [4.78, 5) is 27.0. The predicted molar refractivity (Wildman–Crippen MR) is 112 cm³/mol. The van der Waals surface area contributed by atoms with Crippen LogP contribution in [0.1, 0.15) is 35.2 Å². The summed E-state index contributed by atoms with van der Waals surface area (Å²) < 4.78 is 11.5. The van der Waals surface area contributed by atoms with Gasteiger partial charge in [0.2, 0.25) is 5.91 Å². The van der Waals surface area contributed by atoms with Gasteiger partial charge in [-0.3, -0.25) is 9.59 Å². The van der Waals surface area contributed by atoms with Crippen LogP contribution in [0.3, 0.4) is 0 Å². The molecule has 4 rings (SSSR count). The fourth-order valence-electron chi connectivity index (χ4n) is 3.86. The maximum absolute atomic E-state index is 12.6. The Morgan fingerprint density at radius 3 is 2.59 bits per heavy atom. The second kappa shape index (κ2) is 7.91. The first-order valence-corrected chi connectivity index (χ1v) is 9.99. The van der Waals surface area contributed by atoms with Crippen molar-refractivity contribution < 1.29 is 19.1 Å². The number of halogens is 1. The fourth-order valence-corrected chi connectivity index (χ4v) is 3.99. The van der Waals surface area contributed by atoms with Gasteiger partial charge in [-0.2, -0.15) is 0 Å². The molecule has 0 radical (unpaired) electrons. The third-order valence-electron chi connectivity index (χ3n) is 5.57. The number of amides is 1. The highest BCUT2D eigenvalue weighted by atomic mass is 35.5. The summed E-state index contributed by atoms with van der Waals surface area (Å²) in [6, 6.07) is 12.6. The van der Waals surface area contributed by atoms with E-state index in [0.29, 0.717) is 54.4 Å². The number of rotatable bonds is 3. The van der Waals surface area contributed by atoms with Crippen molar-refractivity contribution in [2.45, 2.75) is 24.9 Å². The van der Waals surface area contributed by atoms with E-state index in [9.17, 15) is 9.59 Å². The van der Waals surface area contributed by atoms with E-state index in [-0.39, 0.29) is 11.7 Å². The first-order chi connectivity index (χ1) is 14.0. The number of benzene rings is 2. The zero-order chi connectivity index (χ0) is 20.4. The smallest absolute Gasteiger partial charge is 0.246 e. The van der Waals surface area contributed by atoms with Gasteiger partial charge in [0.15, 0.2) is 5.78 Å². The zero-order valence-electron chi connectivity index (χ0n) is 16.2. The van der Waals surface area contributed by atoms with Crippen molar-refractivity contribution in [3.8, 4) is 11.5 Å². The lowest BCUT2D eigenvalue weighted by molar-refractivity contribution is -0.129. The van der Waals surface area contributed by atoms with Crippen molar-refractivity contribution in [2.24, 2.45) is 0 Å². The van der Waals surface area contributed by atoms with E-state index in [4.69, 9.17) is 21.1 Å². The number of methoxy groups -OCH3 is 1. The highest BCUT2D eigenvalue weighted by molar-refractivity contribution is 6.30. The van der Waals surface area contributed by atoms with Crippen molar-refractivity contribution in [3.63, 3.8) is 0 Å². The van der Waals surface area contributed by atoms with Gasteiger partial charge in [-0.15, -0.1) is 0 Å². The number of hydrogen-bond acceptors (Lipinski definition) is 4. The van der Waals surface area contributed by atoms with E-state index in [1.165, 1.54) is 0 Å². The van der Waals surface area contributed by atoms with E-state index in [0.717, 1.165) is 5.56 Å². The molecule has 1 amide bonds. The average Bonchev–Trinajstić information content (AvgIpc) is 2.73. The average molecular weight is 412 g/mol. The Morgan fingerprint density at radius 1 is 1.17 bits per heavy atom. The monoisotopic (exact) mass is 411 g/mol. The Morgan fingerprint density at radius 2 is 1.90 bits per heavy atom. The topological polar surface area (TPSA) is 55.8 Å². The molecule has 0 aliphatic carbocycles. The van der Waals surface area contributed by atoms with Crippen LogP contribution in [0.2, 0.25) is 5.02 Å². The molecule has 1 spiro atoms. The molecule has 0 aromatic heterocycles.